The van der Waals surface area contributed by atoms with Crippen LogP contribution in [0.3, 0.4) is 0 Å². The molecule has 0 aromatic rings. The van der Waals surface area contributed by atoms with Crippen LogP contribution in [0.4, 0.5) is 0 Å². The Labute approximate surface area is 164 Å². The normalized spacial score (nSPS) is 14.4. The number of nitrogens with zero attached hydrogens (tertiary/aromatic N) is 1. The molecule has 0 bridgehead atoms. The van der Waals surface area contributed by atoms with Gasteiger partial charge in [-0.2, -0.15) is 0 Å². The Morgan fingerprint density at radius 3 is 1.44 bits per heavy atom. The molecule has 0 aromatic carbocycles. The molecule has 0 atom stereocenters. The molecule has 0 unspecified atom stereocenters. The van der Waals surface area contributed by atoms with Crippen molar-refractivity contribution in [1.82, 2.24) is 4.31 Å². The van der Waals surface area contributed by atoms with Crippen LogP contribution in [0, 0.1) is 0 Å². The number of carbonyl (C=O) groups is 2. The van der Waals surface area contributed by atoms with E-state index in [-0.39, 0.29) is 35.3 Å². The molecule has 0 radical (unpaired) electrons. The van der Waals surface area contributed by atoms with E-state index in [4.69, 9.17) is 0 Å². The third-order valence-electron chi connectivity index (χ3n) is 4.73. The SMILES string of the molecule is CCCCCCCC[S+](CCCCCCCC)N1C(=O)CCC1=O.[Cl-]. The second kappa shape index (κ2) is 16.0. The molecule has 1 aliphatic rings. The van der Waals surface area contributed by atoms with Crippen molar-refractivity contribution in [2.75, 3.05) is 11.5 Å². The van der Waals surface area contributed by atoms with Crippen LogP contribution in [-0.2, 0) is 20.7 Å². The van der Waals surface area contributed by atoms with Gasteiger partial charge in [-0.1, -0.05) is 69.5 Å². The summed E-state index contributed by atoms with van der Waals surface area (Å²) in [5.74, 6) is 2.25. The van der Waals surface area contributed by atoms with Crippen molar-refractivity contribution in [2.24, 2.45) is 0 Å². The van der Waals surface area contributed by atoms with Crippen LogP contribution in [0.25, 0.3) is 0 Å². The van der Waals surface area contributed by atoms with Gasteiger partial charge < -0.3 is 12.4 Å². The third kappa shape index (κ3) is 10.5. The Morgan fingerprint density at radius 2 is 1.04 bits per heavy atom. The van der Waals surface area contributed by atoms with Gasteiger partial charge >= 0.3 is 0 Å². The molecule has 1 fully saturated rings. The predicted octanol–water partition coefficient (Wildman–Crippen LogP) is 2.39. The van der Waals surface area contributed by atoms with E-state index in [1.807, 2.05) is 0 Å². The van der Waals surface area contributed by atoms with Gasteiger partial charge in [0.05, 0.1) is 0 Å². The van der Waals surface area contributed by atoms with Crippen molar-refractivity contribution in [2.45, 2.75) is 104 Å². The number of hydrogen-bond acceptors (Lipinski definition) is 2. The Hall–Kier alpha value is -0.220. The van der Waals surface area contributed by atoms with Gasteiger partial charge in [0.15, 0.2) is 0 Å². The van der Waals surface area contributed by atoms with Gasteiger partial charge in [-0.15, -0.1) is 0 Å². The van der Waals surface area contributed by atoms with E-state index < -0.39 is 0 Å². The van der Waals surface area contributed by atoms with Crippen molar-refractivity contribution in [3.8, 4) is 0 Å². The maximum Gasteiger partial charge on any atom is 0.273 e. The van der Waals surface area contributed by atoms with Crippen molar-refractivity contribution >= 4 is 22.9 Å². The zero-order valence-electron chi connectivity index (χ0n) is 16.4. The summed E-state index contributed by atoms with van der Waals surface area (Å²) in [5.41, 5.74) is 0. The van der Waals surface area contributed by atoms with Gasteiger partial charge in [-0.3, -0.25) is 9.59 Å². The average molecular weight is 392 g/mol. The molecule has 0 spiro atoms. The third-order valence-corrected chi connectivity index (χ3v) is 7.17. The maximum absolute atomic E-state index is 12.1. The van der Waals surface area contributed by atoms with Gasteiger partial charge in [0.1, 0.15) is 22.6 Å². The molecule has 1 rings (SSSR count). The minimum atomic E-state index is -0.140. The fraction of sp³-hybridized carbons (Fsp3) is 0.900. The van der Waals surface area contributed by atoms with E-state index in [0.29, 0.717) is 12.8 Å². The van der Waals surface area contributed by atoms with E-state index in [9.17, 15) is 9.59 Å². The highest BCUT2D eigenvalue weighted by Gasteiger charge is 2.42. The summed E-state index contributed by atoms with van der Waals surface area (Å²) in [6.45, 7) is 4.48. The first kappa shape index (κ1) is 24.8. The van der Waals surface area contributed by atoms with Crippen molar-refractivity contribution in [3.05, 3.63) is 0 Å². The van der Waals surface area contributed by atoms with Gasteiger partial charge in [-0.05, 0) is 25.7 Å². The first-order chi connectivity index (χ1) is 11.7. The molecule has 148 valence electrons. The summed E-state index contributed by atoms with van der Waals surface area (Å²) in [6.07, 6.45) is 16.1. The average Bonchev–Trinajstić information content (AvgIpc) is 2.91. The van der Waals surface area contributed by atoms with Crippen molar-refractivity contribution in [1.29, 1.82) is 0 Å². The summed E-state index contributed by atoms with van der Waals surface area (Å²) in [6, 6.07) is 0. The Balaban J connectivity index is 0.00000576. The lowest BCUT2D eigenvalue weighted by molar-refractivity contribution is -0.132. The van der Waals surface area contributed by atoms with Gasteiger partial charge in [0.25, 0.3) is 11.8 Å². The zero-order valence-corrected chi connectivity index (χ0v) is 17.9. The van der Waals surface area contributed by atoms with Crippen LogP contribution in [0.2, 0.25) is 0 Å². The van der Waals surface area contributed by atoms with E-state index in [1.165, 1.54) is 77.0 Å². The lowest BCUT2D eigenvalue weighted by Crippen LogP contribution is -3.00. The highest BCUT2D eigenvalue weighted by Crippen LogP contribution is 2.22. The Bertz CT molecular complexity index is 334. The number of carbonyl (C=O) groups excluding carboxylic acids is 2. The van der Waals surface area contributed by atoms with Crippen LogP contribution in [0.15, 0.2) is 0 Å². The van der Waals surface area contributed by atoms with E-state index in [2.05, 4.69) is 13.8 Å². The summed E-state index contributed by atoms with van der Waals surface area (Å²) >= 11 is -0.140. The maximum atomic E-state index is 12.1. The quantitative estimate of drug-likeness (QED) is 0.244. The number of imide groups is 1. The molecule has 0 saturated carbocycles. The molecular formula is C20H38ClNO2S. The number of hydrogen-bond donors (Lipinski definition) is 0. The monoisotopic (exact) mass is 391 g/mol. The smallest absolute Gasteiger partial charge is 0.273 e. The van der Waals surface area contributed by atoms with Gasteiger partial charge in [-0.25, -0.2) is 0 Å². The fourth-order valence-corrected chi connectivity index (χ4v) is 5.63. The van der Waals surface area contributed by atoms with E-state index in [1.54, 1.807) is 4.31 Å². The molecule has 25 heavy (non-hydrogen) atoms. The van der Waals surface area contributed by atoms with Gasteiger partial charge in [0.2, 0.25) is 0 Å². The second-order valence-corrected chi connectivity index (χ2v) is 9.09. The molecule has 0 aliphatic carbocycles. The van der Waals surface area contributed by atoms with Crippen molar-refractivity contribution in [3.63, 3.8) is 0 Å². The van der Waals surface area contributed by atoms with Crippen molar-refractivity contribution < 1.29 is 22.0 Å². The van der Waals surface area contributed by atoms with Crippen LogP contribution in [0.1, 0.15) is 104 Å². The zero-order chi connectivity index (χ0) is 17.6. The van der Waals surface area contributed by atoms with Gasteiger partial charge in [0, 0.05) is 12.8 Å². The molecule has 5 heteroatoms. The predicted molar refractivity (Wildman–Crippen MR) is 105 cm³/mol. The molecule has 3 nitrogen and oxygen atoms in total. The molecule has 2 amide bonds. The second-order valence-electron chi connectivity index (χ2n) is 6.99. The summed E-state index contributed by atoms with van der Waals surface area (Å²) in [5, 5.41) is 0. The summed E-state index contributed by atoms with van der Waals surface area (Å²) < 4.78 is 1.65. The molecular weight excluding hydrogens is 354 g/mol. The number of halogens is 1. The fourth-order valence-electron chi connectivity index (χ4n) is 3.23. The Morgan fingerprint density at radius 1 is 0.680 bits per heavy atom. The first-order valence-electron chi connectivity index (χ1n) is 10.2. The lowest BCUT2D eigenvalue weighted by atomic mass is 10.1. The van der Waals surface area contributed by atoms with Crippen LogP contribution >= 0.6 is 0 Å². The van der Waals surface area contributed by atoms with E-state index >= 15 is 0 Å². The summed E-state index contributed by atoms with van der Waals surface area (Å²) in [7, 11) is 0. The first-order valence-corrected chi connectivity index (χ1v) is 11.8. The topological polar surface area (TPSA) is 37.4 Å². The standard InChI is InChI=1S/C20H38NO2S.ClH/c1-3-5-7-9-11-13-17-24(18-14-12-10-8-6-4-2)21-19(22)15-16-20(21)23;/h3-18H2,1-2H3;1H/q+1;/p-1. The number of unbranched alkanes of at least 4 members (excludes halogenated alkanes) is 10. The minimum Gasteiger partial charge on any atom is -1.00 e. The highest BCUT2D eigenvalue weighted by molar-refractivity contribution is 7.95. The number of amides is 2. The number of rotatable bonds is 15. The summed E-state index contributed by atoms with van der Waals surface area (Å²) in [4.78, 5) is 24.2. The van der Waals surface area contributed by atoms with Crippen LogP contribution in [0.5, 0.6) is 0 Å². The van der Waals surface area contributed by atoms with E-state index in [0.717, 1.165) is 11.5 Å². The molecule has 1 aliphatic heterocycles. The molecule has 1 saturated heterocycles. The molecule has 0 N–H and O–H groups in total. The highest BCUT2D eigenvalue weighted by atomic mass is 35.5. The van der Waals surface area contributed by atoms with Crippen LogP contribution < -0.4 is 12.4 Å². The molecule has 0 aromatic heterocycles. The molecule has 1 heterocycles. The Kier molecular flexibility index (Phi) is 15.8. The largest absolute Gasteiger partial charge is 1.00 e. The van der Waals surface area contributed by atoms with Crippen LogP contribution in [-0.4, -0.2) is 27.6 Å². The minimum absolute atomic E-state index is 0. The lowest BCUT2D eigenvalue weighted by Gasteiger charge is -2.16.